The molecule has 0 aliphatic carbocycles. The van der Waals surface area contributed by atoms with Crippen molar-refractivity contribution in [2.24, 2.45) is 0 Å². The largest absolute Gasteiger partial charge is 0.491 e. The summed E-state index contributed by atoms with van der Waals surface area (Å²) in [7, 11) is 0. The van der Waals surface area contributed by atoms with Crippen LogP contribution in [-0.4, -0.2) is 35.5 Å². The maximum absolute atomic E-state index is 12.5. The number of rotatable bonds is 9. The predicted octanol–water partition coefficient (Wildman–Crippen LogP) is 3.19. The minimum atomic E-state index is -1.04. The summed E-state index contributed by atoms with van der Waals surface area (Å²) >= 11 is 3.11. The van der Waals surface area contributed by atoms with E-state index in [-0.39, 0.29) is 30.5 Å². The maximum atomic E-state index is 12.5. The number of amides is 2. The van der Waals surface area contributed by atoms with Gasteiger partial charge in [0.1, 0.15) is 11.4 Å². The lowest BCUT2D eigenvalue weighted by Gasteiger charge is -2.11. The van der Waals surface area contributed by atoms with Gasteiger partial charge in [-0.3, -0.25) is 14.4 Å². The molecular formula is C20H21BrN2O6. The van der Waals surface area contributed by atoms with E-state index in [2.05, 4.69) is 26.6 Å². The highest BCUT2D eigenvalue weighted by molar-refractivity contribution is 9.10. The van der Waals surface area contributed by atoms with Crippen LogP contribution in [0, 0.1) is 0 Å². The standard InChI is InChI=1S/C20H21BrN2O6/c1-12(2)28-14-5-3-13(4-6-14)11-15(19(26)22-10-9-18(24)25)23-20(27)16-7-8-17(21)29-16/h3-8,11-12H,9-10H2,1-2H3,(H,22,26)(H,23,27)(H,24,25)/b15-11+. The van der Waals surface area contributed by atoms with Gasteiger partial charge in [-0.1, -0.05) is 12.1 Å². The SMILES string of the molecule is CC(C)Oc1ccc(/C=C(/NC(=O)c2ccc(Br)o2)C(=O)NCCC(=O)O)cc1. The summed E-state index contributed by atoms with van der Waals surface area (Å²) < 4.78 is 11.1. The normalized spacial score (nSPS) is 11.2. The molecule has 0 fully saturated rings. The predicted molar refractivity (Wildman–Crippen MR) is 109 cm³/mol. The third kappa shape index (κ3) is 7.46. The molecule has 154 valence electrons. The van der Waals surface area contributed by atoms with Crippen LogP contribution in [0.3, 0.4) is 0 Å². The monoisotopic (exact) mass is 464 g/mol. The number of halogens is 1. The highest BCUT2D eigenvalue weighted by Crippen LogP contribution is 2.17. The topological polar surface area (TPSA) is 118 Å². The molecule has 0 bridgehead atoms. The molecule has 0 aliphatic rings. The summed E-state index contributed by atoms with van der Waals surface area (Å²) in [4.78, 5) is 35.5. The fraction of sp³-hybridized carbons (Fsp3) is 0.250. The number of aliphatic carboxylic acids is 1. The van der Waals surface area contributed by atoms with E-state index < -0.39 is 17.8 Å². The van der Waals surface area contributed by atoms with Crippen molar-refractivity contribution >= 4 is 39.8 Å². The van der Waals surface area contributed by atoms with E-state index in [1.807, 2.05) is 13.8 Å². The molecule has 0 aliphatic heterocycles. The van der Waals surface area contributed by atoms with E-state index in [1.54, 1.807) is 30.3 Å². The van der Waals surface area contributed by atoms with Gasteiger partial charge < -0.3 is 24.9 Å². The summed E-state index contributed by atoms with van der Waals surface area (Å²) in [5, 5.41) is 13.7. The summed E-state index contributed by atoms with van der Waals surface area (Å²) in [6.07, 6.45) is 1.27. The molecule has 9 heteroatoms. The molecule has 0 unspecified atom stereocenters. The summed E-state index contributed by atoms with van der Waals surface area (Å²) in [5.41, 5.74) is 0.593. The van der Waals surface area contributed by atoms with Gasteiger partial charge in [-0.05, 0) is 65.7 Å². The molecular weight excluding hydrogens is 444 g/mol. The van der Waals surface area contributed by atoms with Crippen molar-refractivity contribution in [3.63, 3.8) is 0 Å². The fourth-order valence-corrected chi connectivity index (χ4v) is 2.54. The maximum Gasteiger partial charge on any atom is 0.305 e. The van der Waals surface area contributed by atoms with Crippen molar-refractivity contribution in [3.8, 4) is 5.75 Å². The first-order chi connectivity index (χ1) is 13.7. The van der Waals surface area contributed by atoms with Crippen molar-refractivity contribution < 1.29 is 28.6 Å². The molecule has 0 saturated carbocycles. The summed E-state index contributed by atoms with van der Waals surface area (Å²) in [5.74, 6) is -1.58. The van der Waals surface area contributed by atoms with Gasteiger partial charge in [-0.15, -0.1) is 0 Å². The molecule has 8 nitrogen and oxygen atoms in total. The van der Waals surface area contributed by atoms with Crippen LogP contribution in [-0.2, 0) is 9.59 Å². The average Bonchev–Trinajstić information content (AvgIpc) is 3.08. The number of furan rings is 1. The van der Waals surface area contributed by atoms with Crippen molar-refractivity contribution in [1.82, 2.24) is 10.6 Å². The summed E-state index contributed by atoms with van der Waals surface area (Å²) in [6, 6.07) is 9.97. The Morgan fingerprint density at radius 2 is 1.86 bits per heavy atom. The molecule has 0 spiro atoms. The lowest BCUT2D eigenvalue weighted by atomic mass is 10.1. The Bertz CT molecular complexity index is 902. The minimum Gasteiger partial charge on any atom is -0.491 e. The zero-order chi connectivity index (χ0) is 21.4. The molecule has 1 aromatic carbocycles. The van der Waals surface area contributed by atoms with Crippen LogP contribution >= 0.6 is 15.9 Å². The summed E-state index contributed by atoms with van der Waals surface area (Å²) in [6.45, 7) is 3.75. The van der Waals surface area contributed by atoms with E-state index in [9.17, 15) is 14.4 Å². The molecule has 0 radical (unpaired) electrons. The third-order valence-electron chi connectivity index (χ3n) is 3.48. The van der Waals surface area contributed by atoms with E-state index in [0.29, 0.717) is 16.0 Å². The molecule has 29 heavy (non-hydrogen) atoms. The van der Waals surface area contributed by atoms with E-state index in [4.69, 9.17) is 14.3 Å². The zero-order valence-electron chi connectivity index (χ0n) is 15.9. The quantitative estimate of drug-likeness (QED) is 0.490. The van der Waals surface area contributed by atoms with Gasteiger partial charge in [0.15, 0.2) is 10.4 Å². The Kier molecular flexibility index (Phi) is 8.02. The number of benzene rings is 1. The Hall–Kier alpha value is -3.07. The molecule has 2 rings (SSSR count). The van der Waals surface area contributed by atoms with Crippen molar-refractivity contribution in [2.45, 2.75) is 26.4 Å². The first kappa shape index (κ1) is 22.2. The second-order valence-electron chi connectivity index (χ2n) is 6.25. The third-order valence-corrected chi connectivity index (χ3v) is 3.90. The highest BCUT2D eigenvalue weighted by atomic mass is 79.9. The number of carboxylic acid groups (broad SMARTS) is 1. The molecule has 0 saturated heterocycles. The Morgan fingerprint density at radius 3 is 2.41 bits per heavy atom. The first-order valence-corrected chi connectivity index (χ1v) is 9.59. The number of hydrogen-bond acceptors (Lipinski definition) is 5. The number of carbonyl (C=O) groups excluding carboxylic acids is 2. The van der Waals surface area contributed by atoms with E-state index >= 15 is 0 Å². The number of nitrogens with one attached hydrogen (secondary N) is 2. The second kappa shape index (κ2) is 10.5. The van der Waals surface area contributed by atoms with Crippen LogP contribution < -0.4 is 15.4 Å². The van der Waals surface area contributed by atoms with Gasteiger partial charge in [0.25, 0.3) is 11.8 Å². The van der Waals surface area contributed by atoms with Gasteiger partial charge in [0.05, 0.1) is 12.5 Å². The molecule has 1 heterocycles. The molecule has 2 aromatic rings. The smallest absolute Gasteiger partial charge is 0.305 e. The van der Waals surface area contributed by atoms with Crippen LogP contribution in [0.15, 0.2) is 51.2 Å². The Balaban J connectivity index is 2.20. The molecule has 3 N–H and O–H groups in total. The second-order valence-corrected chi connectivity index (χ2v) is 7.03. The molecule has 1 aromatic heterocycles. The van der Waals surface area contributed by atoms with Gasteiger partial charge in [-0.25, -0.2) is 0 Å². The van der Waals surface area contributed by atoms with Crippen molar-refractivity contribution in [3.05, 3.63) is 58.1 Å². The minimum absolute atomic E-state index is 0.0155. The van der Waals surface area contributed by atoms with Crippen LogP contribution in [0.1, 0.15) is 36.4 Å². The van der Waals surface area contributed by atoms with Crippen LogP contribution in [0.2, 0.25) is 0 Å². The van der Waals surface area contributed by atoms with Crippen molar-refractivity contribution in [2.75, 3.05) is 6.54 Å². The number of carbonyl (C=O) groups is 3. The fourth-order valence-electron chi connectivity index (χ4n) is 2.24. The number of carboxylic acids is 1. The van der Waals surface area contributed by atoms with E-state index in [0.717, 1.165) is 0 Å². The number of ether oxygens (including phenoxy) is 1. The van der Waals surface area contributed by atoms with Crippen LogP contribution in [0.5, 0.6) is 5.75 Å². The van der Waals surface area contributed by atoms with E-state index in [1.165, 1.54) is 12.1 Å². The first-order valence-electron chi connectivity index (χ1n) is 8.79. The van der Waals surface area contributed by atoms with Gasteiger partial charge >= 0.3 is 5.97 Å². The lowest BCUT2D eigenvalue weighted by Crippen LogP contribution is -2.35. The van der Waals surface area contributed by atoms with Gasteiger partial charge in [0.2, 0.25) is 0 Å². The molecule has 0 atom stereocenters. The average molecular weight is 465 g/mol. The Morgan fingerprint density at radius 1 is 1.17 bits per heavy atom. The van der Waals surface area contributed by atoms with Gasteiger partial charge in [-0.2, -0.15) is 0 Å². The molecule has 2 amide bonds. The van der Waals surface area contributed by atoms with Crippen LogP contribution in [0.25, 0.3) is 6.08 Å². The lowest BCUT2D eigenvalue weighted by molar-refractivity contribution is -0.136. The number of hydrogen-bond donors (Lipinski definition) is 3. The zero-order valence-corrected chi connectivity index (χ0v) is 17.5. The van der Waals surface area contributed by atoms with Crippen LogP contribution in [0.4, 0.5) is 0 Å². The van der Waals surface area contributed by atoms with Gasteiger partial charge in [0, 0.05) is 6.54 Å². The highest BCUT2D eigenvalue weighted by Gasteiger charge is 2.17. The van der Waals surface area contributed by atoms with Crippen molar-refractivity contribution in [1.29, 1.82) is 0 Å². The Labute approximate surface area is 176 Å².